The van der Waals surface area contributed by atoms with E-state index < -0.39 is 5.97 Å². The number of carbonyl (C=O) groups is 2. The average Bonchev–Trinajstić information content (AvgIpc) is 2.62. The molecule has 1 aromatic rings. The maximum atomic E-state index is 12.4. The molecular formula is C21H33NO5. The largest absolute Gasteiger partial charge is 0.493 e. The van der Waals surface area contributed by atoms with Gasteiger partial charge in [-0.15, -0.1) is 0 Å². The SMILES string of the molecule is COc1cccc(CCC(=O)OCC(=O)N(CC(C)C)CC(C)C)c1OC. The summed E-state index contributed by atoms with van der Waals surface area (Å²) in [7, 11) is 3.14. The second-order valence-corrected chi connectivity index (χ2v) is 7.40. The third kappa shape index (κ3) is 7.89. The first-order valence-corrected chi connectivity index (χ1v) is 9.41. The molecule has 0 atom stereocenters. The molecule has 6 nitrogen and oxygen atoms in total. The Balaban J connectivity index is 2.56. The first kappa shape index (κ1) is 22.8. The number of methoxy groups -OCH3 is 2. The maximum Gasteiger partial charge on any atom is 0.306 e. The molecule has 0 radical (unpaired) electrons. The zero-order chi connectivity index (χ0) is 20.4. The summed E-state index contributed by atoms with van der Waals surface area (Å²) < 4.78 is 15.8. The van der Waals surface area contributed by atoms with Crippen LogP contribution in [0.3, 0.4) is 0 Å². The number of esters is 1. The lowest BCUT2D eigenvalue weighted by atomic mass is 10.1. The fourth-order valence-corrected chi connectivity index (χ4v) is 2.85. The molecule has 152 valence electrons. The highest BCUT2D eigenvalue weighted by Crippen LogP contribution is 2.31. The van der Waals surface area contributed by atoms with E-state index >= 15 is 0 Å². The van der Waals surface area contributed by atoms with Crippen molar-refractivity contribution in [3.05, 3.63) is 23.8 Å². The summed E-state index contributed by atoms with van der Waals surface area (Å²) in [6, 6.07) is 5.53. The van der Waals surface area contributed by atoms with Crippen molar-refractivity contribution in [1.29, 1.82) is 0 Å². The molecule has 0 aromatic heterocycles. The van der Waals surface area contributed by atoms with Crippen molar-refractivity contribution in [3.8, 4) is 11.5 Å². The Hall–Kier alpha value is -2.24. The minimum atomic E-state index is -0.401. The van der Waals surface area contributed by atoms with Gasteiger partial charge in [-0.25, -0.2) is 0 Å². The van der Waals surface area contributed by atoms with Crippen LogP contribution in [0.15, 0.2) is 18.2 Å². The van der Waals surface area contributed by atoms with E-state index in [0.717, 1.165) is 5.56 Å². The van der Waals surface area contributed by atoms with Crippen LogP contribution in [-0.4, -0.2) is 50.7 Å². The summed E-state index contributed by atoms with van der Waals surface area (Å²) in [5, 5.41) is 0. The van der Waals surface area contributed by atoms with E-state index in [1.165, 1.54) is 0 Å². The monoisotopic (exact) mass is 379 g/mol. The summed E-state index contributed by atoms with van der Waals surface area (Å²) in [6.45, 7) is 9.36. The molecule has 0 fully saturated rings. The van der Waals surface area contributed by atoms with Crippen LogP contribution < -0.4 is 9.47 Å². The van der Waals surface area contributed by atoms with Crippen LogP contribution in [0.1, 0.15) is 39.7 Å². The lowest BCUT2D eigenvalue weighted by molar-refractivity contribution is -0.152. The van der Waals surface area contributed by atoms with Crippen LogP contribution in [0.5, 0.6) is 11.5 Å². The number of hydrogen-bond donors (Lipinski definition) is 0. The molecule has 27 heavy (non-hydrogen) atoms. The number of benzene rings is 1. The Morgan fingerprint density at radius 3 is 2.15 bits per heavy atom. The Morgan fingerprint density at radius 2 is 1.63 bits per heavy atom. The van der Waals surface area contributed by atoms with Gasteiger partial charge in [-0.2, -0.15) is 0 Å². The number of nitrogens with zero attached hydrogens (tertiary/aromatic N) is 1. The molecule has 0 bridgehead atoms. The number of rotatable bonds is 11. The molecule has 0 aliphatic heterocycles. The molecule has 0 saturated heterocycles. The van der Waals surface area contributed by atoms with Gasteiger partial charge in [0, 0.05) is 19.5 Å². The molecule has 1 amide bonds. The summed E-state index contributed by atoms with van der Waals surface area (Å²) in [4.78, 5) is 26.2. The van der Waals surface area contributed by atoms with Gasteiger partial charge in [0.2, 0.25) is 0 Å². The van der Waals surface area contributed by atoms with Crippen molar-refractivity contribution in [2.24, 2.45) is 11.8 Å². The topological polar surface area (TPSA) is 65.1 Å². The van der Waals surface area contributed by atoms with E-state index in [0.29, 0.717) is 42.8 Å². The van der Waals surface area contributed by atoms with E-state index in [4.69, 9.17) is 14.2 Å². The third-order valence-electron chi connectivity index (χ3n) is 3.96. The summed E-state index contributed by atoms with van der Waals surface area (Å²) in [5.74, 6) is 1.42. The van der Waals surface area contributed by atoms with Crippen LogP contribution in [0, 0.1) is 11.8 Å². The van der Waals surface area contributed by atoms with Crippen molar-refractivity contribution < 1.29 is 23.8 Å². The van der Waals surface area contributed by atoms with Gasteiger partial charge in [-0.3, -0.25) is 9.59 Å². The van der Waals surface area contributed by atoms with Gasteiger partial charge < -0.3 is 19.1 Å². The predicted octanol–water partition coefficient (Wildman–Crippen LogP) is 3.32. The second-order valence-electron chi connectivity index (χ2n) is 7.40. The average molecular weight is 379 g/mol. The Morgan fingerprint density at radius 1 is 1.00 bits per heavy atom. The Bertz CT molecular complexity index is 603. The summed E-state index contributed by atoms with van der Waals surface area (Å²) in [6.07, 6.45) is 0.625. The normalized spacial score (nSPS) is 10.8. The molecule has 1 rings (SSSR count). The van der Waals surface area contributed by atoms with E-state index in [-0.39, 0.29) is 18.9 Å². The van der Waals surface area contributed by atoms with E-state index in [1.807, 2.05) is 12.1 Å². The first-order valence-electron chi connectivity index (χ1n) is 9.41. The highest BCUT2D eigenvalue weighted by Gasteiger charge is 2.18. The maximum absolute atomic E-state index is 12.4. The molecule has 0 N–H and O–H groups in total. The highest BCUT2D eigenvalue weighted by molar-refractivity contribution is 5.80. The number of para-hydroxylation sites is 1. The van der Waals surface area contributed by atoms with Crippen LogP contribution in [0.2, 0.25) is 0 Å². The van der Waals surface area contributed by atoms with E-state index in [2.05, 4.69) is 27.7 Å². The van der Waals surface area contributed by atoms with Crippen LogP contribution in [-0.2, 0) is 20.7 Å². The molecule has 0 spiro atoms. The van der Waals surface area contributed by atoms with E-state index in [9.17, 15) is 9.59 Å². The highest BCUT2D eigenvalue weighted by atomic mass is 16.5. The number of aryl methyl sites for hydroxylation is 1. The van der Waals surface area contributed by atoms with Gasteiger partial charge in [0.1, 0.15) is 0 Å². The minimum Gasteiger partial charge on any atom is -0.493 e. The lowest BCUT2D eigenvalue weighted by Crippen LogP contribution is -2.39. The molecule has 0 aliphatic carbocycles. The molecule has 6 heteroatoms. The molecule has 0 unspecified atom stereocenters. The molecule has 0 heterocycles. The van der Waals surface area contributed by atoms with E-state index in [1.54, 1.807) is 25.2 Å². The summed E-state index contributed by atoms with van der Waals surface area (Å²) in [5.41, 5.74) is 0.862. The predicted molar refractivity (Wildman–Crippen MR) is 105 cm³/mol. The standard InChI is InChI=1S/C21H33NO5/c1-15(2)12-22(13-16(3)4)19(23)14-27-20(24)11-10-17-8-7-9-18(25-5)21(17)26-6/h7-9,15-16H,10-14H2,1-6H3. The molecular weight excluding hydrogens is 346 g/mol. The van der Waals surface area contributed by atoms with Crippen molar-refractivity contribution >= 4 is 11.9 Å². The quantitative estimate of drug-likeness (QED) is 0.552. The van der Waals surface area contributed by atoms with Crippen molar-refractivity contribution in [2.45, 2.75) is 40.5 Å². The molecule has 0 aliphatic rings. The number of ether oxygens (including phenoxy) is 3. The van der Waals surface area contributed by atoms with Gasteiger partial charge in [0.25, 0.3) is 5.91 Å². The smallest absolute Gasteiger partial charge is 0.306 e. The van der Waals surface area contributed by atoms with Gasteiger partial charge in [-0.1, -0.05) is 39.8 Å². The fraction of sp³-hybridized carbons (Fsp3) is 0.619. The second kappa shape index (κ2) is 11.5. The van der Waals surface area contributed by atoms with Crippen LogP contribution in [0.4, 0.5) is 0 Å². The third-order valence-corrected chi connectivity index (χ3v) is 3.96. The zero-order valence-corrected chi connectivity index (χ0v) is 17.4. The van der Waals surface area contributed by atoms with Gasteiger partial charge in [0.05, 0.1) is 14.2 Å². The Labute approximate surface area is 162 Å². The van der Waals surface area contributed by atoms with Crippen molar-refractivity contribution in [2.75, 3.05) is 33.9 Å². The zero-order valence-electron chi connectivity index (χ0n) is 17.4. The van der Waals surface area contributed by atoms with Crippen molar-refractivity contribution in [1.82, 2.24) is 4.90 Å². The number of hydrogen-bond acceptors (Lipinski definition) is 5. The molecule has 0 saturated carbocycles. The van der Waals surface area contributed by atoms with Gasteiger partial charge in [-0.05, 0) is 29.9 Å². The van der Waals surface area contributed by atoms with Crippen molar-refractivity contribution in [3.63, 3.8) is 0 Å². The minimum absolute atomic E-state index is 0.148. The summed E-state index contributed by atoms with van der Waals surface area (Å²) >= 11 is 0. The molecule has 1 aromatic carbocycles. The van der Waals surface area contributed by atoms with Crippen LogP contribution >= 0.6 is 0 Å². The number of amides is 1. The van der Waals surface area contributed by atoms with Gasteiger partial charge in [0.15, 0.2) is 18.1 Å². The van der Waals surface area contributed by atoms with Gasteiger partial charge >= 0.3 is 5.97 Å². The Kier molecular flexibility index (Phi) is 9.68. The first-order chi connectivity index (χ1) is 12.8. The fourth-order valence-electron chi connectivity index (χ4n) is 2.85. The number of carbonyl (C=O) groups excluding carboxylic acids is 2. The lowest BCUT2D eigenvalue weighted by Gasteiger charge is -2.26. The van der Waals surface area contributed by atoms with Crippen LogP contribution in [0.25, 0.3) is 0 Å².